The lowest BCUT2D eigenvalue weighted by atomic mass is 10.2. The normalized spacial score (nSPS) is 16.5. The van der Waals surface area contributed by atoms with Crippen molar-refractivity contribution < 1.29 is 4.74 Å². The fourth-order valence-electron chi connectivity index (χ4n) is 4.28. The molecule has 5 aromatic rings. The number of piperazine rings is 1. The quantitative estimate of drug-likeness (QED) is 0.400. The number of nitrogens with one attached hydrogen (secondary N) is 1. The van der Waals surface area contributed by atoms with E-state index in [0.717, 1.165) is 42.3 Å². The van der Waals surface area contributed by atoms with Crippen LogP contribution in [-0.2, 0) is 0 Å². The minimum Gasteiger partial charge on any atom is -0.457 e. The molecule has 11 nitrogen and oxygen atoms in total. The first kappa shape index (κ1) is 22.1. The number of ether oxygens (including phenoxy) is 1. The molecule has 0 bridgehead atoms. The van der Waals surface area contributed by atoms with E-state index in [9.17, 15) is 0 Å². The molecule has 36 heavy (non-hydrogen) atoms. The summed E-state index contributed by atoms with van der Waals surface area (Å²) in [6, 6.07) is 10.0. The molecule has 0 unspecified atom stereocenters. The molecule has 0 radical (unpaired) electrons. The third-order valence-corrected chi connectivity index (χ3v) is 6.52. The lowest BCUT2D eigenvalue weighted by Gasteiger charge is -2.37. The summed E-state index contributed by atoms with van der Waals surface area (Å²) in [6.07, 6.45) is 6.63. The highest BCUT2D eigenvalue weighted by Gasteiger charge is 2.23. The smallest absolute Gasteiger partial charge is 0.226 e. The Kier molecular flexibility index (Phi) is 5.53. The van der Waals surface area contributed by atoms with Crippen molar-refractivity contribution in [2.75, 3.05) is 36.9 Å². The minimum atomic E-state index is 0.435. The van der Waals surface area contributed by atoms with E-state index in [0.29, 0.717) is 34.6 Å². The second kappa shape index (κ2) is 9.00. The fraction of sp³-hybridized carbons (Fsp3) is 0.280. The van der Waals surface area contributed by atoms with Crippen molar-refractivity contribution in [3.8, 4) is 11.5 Å². The second-order valence-electron chi connectivity index (χ2n) is 9.03. The average molecular weight is 483 g/mol. The van der Waals surface area contributed by atoms with Gasteiger partial charge < -0.3 is 19.9 Å². The molecule has 0 spiro atoms. The summed E-state index contributed by atoms with van der Waals surface area (Å²) < 4.78 is 7.79. The van der Waals surface area contributed by atoms with Gasteiger partial charge in [0.15, 0.2) is 11.5 Å². The fourth-order valence-corrected chi connectivity index (χ4v) is 4.28. The van der Waals surface area contributed by atoms with Crippen LogP contribution in [0.4, 0.5) is 17.5 Å². The van der Waals surface area contributed by atoms with Crippen molar-refractivity contribution in [3.63, 3.8) is 0 Å². The zero-order valence-corrected chi connectivity index (χ0v) is 20.3. The van der Waals surface area contributed by atoms with E-state index in [1.54, 1.807) is 10.7 Å². The van der Waals surface area contributed by atoms with Crippen molar-refractivity contribution in [2.24, 2.45) is 0 Å². The molecular formula is C25H26N10O. The molecule has 11 heteroatoms. The standard InChI is InChI=1S/C25H26N10O/c1-16-10-18(4-5-21(16)36-19-6-7-35-22(11-19)28-15-30-35)31-24-23-20(27-14-29-24)12-26-25(32-23)34-9-8-33(3)17(2)13-34/h4-7,10-12,14-15,17H,8-9,13H2,1-3H3,(H,27,29,31)/t17-/m1/s1. The van der Waals surface area contributed by atoms with Gasteiger partial charge in [0.2, 0.25) is 5.95 Å². The predicted molar refractivity (Wildman–Crippen MR) is 137 cm³/mol. The summed E-state index contributed by atoms with van der Waals surface area (Å²) in [7, 11) is 2.15. The van der Waals surface area contributed by atoms with Gasteiger partial charge in [-0.3, -0.25) is 0 Å². The van der Waals surface area contributed by atoms with Crippen molar-refractivity contribution in [1.82, 2.24) is 39.4 Å². The first-order valence-electron chi connectivity index (χ1n) is 11.8. The maximum Gasteiger partial charge on any atom is 0.226 e. The van der Waals surface area contributed by atoms with Crippen LogP contribution in [0.1, 0.15) is 12.5 Å². The first-order chi connectivity index (χ1) is 17.5. The third kappa shape index (κ3) is 4.24. The topological polar surface area (TPSA) is 109 Å². The molecular weight excluding hydrogens is 456 g/mol. The maximum absolute atomic E-state index is 6.10. The van der Waals surface area contributed by atoms with Crippen LogP contribution in [-0.4, -0.2) is 72.2 Å². The molecule has 182 valence electrons. The second-order valence-corrected chi connectivity index (χ2v) is 9.03. The molecule has 0 aliphatic carbocycles. The van der Waals surface area contributed by atoms with Gasteiger partial charge in [0.1, 0.15) is 35.2 Å². The Balaban J connectivity index is 1.24. The average Bonchev–Trinajstić information content (AvgIpc) is 3.35. The zero-order chi connectivity index (χ0) is 24.6. The van der Waals surface area contributed by atoms with Gasteiger partial charge in [-0.2, -0.15) is 5.10 Å². The van der Waals surface area contributed by atoms with Crippen molar-refractivity contribution in [2.45, 2.75) is 19.9 Å². The molecule has 0 saturated carbocycles. The SMILES string of the molecule is Cc1cc(Nc2ncnc3cnc(N4CCN(C)[C@H](C)C4)nc23)ccc1Oc1ccn2ncnc2c1. The number of fused-ring (bicyclic) bond motifs is 2. The van der Waals surface area contributed by atoms with E-state index < -0.39 is 0 Å². The maximum atomic E-state index is 6.10. The molecule has 1 N–H and O–H groups in total. The summed E-state index contributed by atoms with van der Waals surface area (Å²) >= 11 is 0. The Bertz CT molecular complexity index is 1550. The van der Waals surface area contributed by atoms with Gasteiger partial charge in [-0.05, 0) is 50.7 Å². The van der Waals surface area contributed by atoms with Crippen LogP contribution in [0.25, 0.3) is 16.7 Å². The molecule has 6 rings (SSSR count). The van der Waals surface area contributed by atoms with Gasteiger partial charge in [-0.15, -0.1) is 0 Å². The molecule has 1 aromatic carbocycles. The Morgan fingerprint density at radius 3 is 2.81 bits per heavy atom. The van der Waals surface area contributed by atoms with E-state index in [2.05, 4.69) is 54.1 Å². The van der Waals surface area contributed by atoms with Crippen LogP contribution in [0.15, 0.2) is 55.4 Å². The number of benzene rings is 1. The summed E-state index contributed by atoms with van der Waals surface area (Å²) in [5.41, 5.74) is 3.96. The monoisotopic (exact) mass is 482 g/mol. The summed E-state index contributed by atoms with van der Waals surface area (Å²) in [5, 5.41) is 7.51. The predicted octanol–water partition coefficient (Wildman–Crippen LogP) is 3.45. The summed E-state index contributed by atoms with van der Waals surface area (Å²) in [4.78, 5) is 27.0. The van der Waals surface area contributed by atoms with Crippen LogP contribution < -0.4 is 15.0 Å². The van der Waals surface area contributed by atoms with Crippen LogP contribution in [0.2, 0.25) is 0 Å². The minimum absolute atomic E-state index is 0.435. The molecule has 4 aromatic heterocycles. The Morgan fingerprint density at radius 1 is 1.03 bits per heavy atom. The van der Waals surface area contributed by atoms with E-state index >= 15 is 0 Å². The number of pyridine rings is 1. The van der Waals surface area contributed by atoms with Crippen molar-refractivity contribution >= 4 is 34.1 Å². The highest BCUT2D eigenvalue weighted by atomic mass is 16.5. The van der Waals surface area contributed by atoms with Crippen LogP contribution in [0.3, 0.4) is 0 Å². The molecule has 0 amide bonds. The van der Waals surface area contributed by atoms with E-state index in [-0.39, 0.29) is 0 Å². The molecule has 5 heterocycles. The molecule has 1 saturated heterocycles. The Morgan fingerprint density at radius 2 is 1.94 bits per heavy atom. The van der Waals surface area contributed by atoms with E-state index in [1.807, 2.05) is 43.5 Å². The number of rotatable bonds is 5. The number of nitrogens with zero attached hydrogens (tertiary/aromatic N) is 9. The van der Waals surface area contributed by atoms with Gasteiger partial charge in [-0.25, -0.2) is 29.4 Å². The Labute approximate surface area is 207 Å². The number of hydrogen-bond acceptors (Lipinski definition) is 10. The van der Waals surface area contributed by atoms with Gasteiger partial charge in [0.25, 0.3) is 0 Å². The highest BCUT2D eigenvalue weighted by molar-refractivity contribution is 5.87. The molecule has 1 atom stereocenters. The van der Waals surface area contributed by atoms with Crippen LogP contribution in [0, 0.1) is 6.92 Å². The number of aromatic nitrogens is 7. The Hall–Kier alpha value is -4.38. The first-order valence-corrected chi connectivity index (χ1v) is 11.8. The number of hydrogen-bond donors (Lipinski definition) is 1. The largest absolute Gasteiger partial charge is 0.457 e. The van der Waals surface area contributed by atoms with Crippen LogP contribution in [0.5, 0.6) is 11.5 Å². The van der Waals surface area contributed by atoms with Crippen molar-refractivity contribution in [3.05, 3.63) is 60.9 Å². The number of aryl methyl sites for hydroxylation is 1. The van der Waals surface area contributed by atoms with E-state index in [4.69, 9.17) is 9.72 Å². The van der Waals surface area contributed by atoms with Gasteiger partial charge in [0, 0.05) is 43.6 Å². The van der Waals surface area contributed by atoms with Gasteiger partial charge in [0.05, 0.1) is 6.20 Å². The van der Waals surface area contributed by atoms with Crippen molar-refractivity contribution in [1.29, 1.82) is 0 Å². The van der Waals surface area contributed by atoms with E-state index in [1.165, 1.54) is 12.7 Å². The lowest BCUT2D eigenvalue weighted by molar-refractivity contribution is 0.233. The summed E-state index contributed by atoms with van der Waals surface area (Å²) in [5.74, 6) is 2.79. The van der Waals surface area contributed by atoms with Gasteiger partial charge in [-0.1, -0.05) is 0 Å². The number of anilines is 3. The van der Waals surface area contributed by atoms with Crippen LogP contribution >= 0.6 is 0 Å². The molecule has 1 aliphatic heterocycles. The zero-order valence-electron chi connectivity index (χ0n) is 20.3. The summed E-state index contributed by atoms with van der Waals surface area (Å²) in [6.45, 7) is 6.95. The van der Waals surface area contributed by atoms with Gasteiger partial charge >= 0.3 is 0 Å². The highest BCUT2D eigenvalue weighted by Crippen LogP contribution is 2.30. The third-order valence-electron chi connectivity index (χ3n) is 6.52. The molecule has 1 aliphatic rings. The number of likely N-dealkylation sites (N-methyl/N-ethyl adjacent to an activating group) is 1. The lowest BCUT2D eigenvalue weighted by Crippen LogP contribution is -2.50. The molecule has 1 fully saturated rings.